The molecule has 0 bridgehead atoms. The number of aryl methyl sites for hydroxylation is 1. The lowest BCUT2D eigenvalue weighted by Gasteiger charge is -2.18. The Morgan fingerprint density at radius 3 is 2.59 bits per heavy atom. The molecule has 0 aromatic heterocycles. The summed E-state index contributed by atoms with van der Waals surface area (Å²) in [6, 6.07) is 4.78. The number of amides is 1. The quantitative estimate of drug-likeness (QED) is 0.870. The summed E-state index contributed by atoms with van der Waals surface area (Å²) >= 11 is 3.34. The van der Waals surface area contributed by atoms with Crippen LogP contribution in [0.15, 0.2) is 22.7 Å². The van der Waals surface area contributed by atoms with Crippen LogP contribution in [0.3, 0.4) is 0 Å². The summed E-state index contributed by atoms with van der Waals surface area (Å²) < 4.78 is 5.54. The van der Waals surface area contributed by atoms with E-state index < -0.39 is 12.0 Å². The maximum atomic E-state index is 11.7. The van der Waals surface area contributed by atoms with Crippen LogP contribution in [0.4, 0.5) is 0 Å². The second-order valence-electron chi connectivity index (χ2n) is 3.66. The van der Waals surface area contributed by atoms with E-state index >= 15 is 0 Å². The molecule has 0 radical (unpaired) electrons. The minimum atomic E-state index is -0.769. The molecule has 1 rings (SSSR count). The maximum Gasteiger partial charge on any atom is 0.333 e. The molecule has 1 amide bonds. The second kappa shape index (κ2) is 5.82. The number of carbonyl (C=O) groups is 2. The first-order valence-electron chi connectivity index (χ1n) is 5.06. The Kier molecular flexibility index (Phi) is 4.69. The summed E-state index contributed by atoms with van der Waals surface area (Å²) in [4.78, 5) is 22.8. The van der Waals surface area contributed by atoms with Gasteiger partial charge < -0.3 is 10.1 Å². The van der Waals surface area contributed by atoms with Gasteiger partial charge in [0, 0.05) is 11.4 Å². The van der Waals surface area contributed by atoms with Crippen LogP contribution in [0, 0.1) is 6.92 Å². The van der Waals surface area contributed by atoms with Crippen molar-refractivity contribution in [1.29, 1.82) is 0 Å². The molecule has 0 aliphatic rings. The topological polar surface area (TPSA) is 55.4 Å². The first-order chi connectivity index (χ1) is 7.95. The fraction of sp³-hybridized carbons (Fsp3) is 0.333. The summed E-state index contributed by atoms with van der Waals surface area (Å²) in [6.45, 7) is 3.24. The highest BCUT2D eigenvalue weighted by Crippen LogP contribution is 2.23. The number of nitrogens with one attached hydrogen (secondary N) is 1. The fourth-order valence-electron chi connectivity index (χ4n) is 1.51. The molecule has 0 aliphatic carbocycles. The molecule has 1 aromatic carbocycles. The number of hydrogen-bond acceptors (Lipinski definition) is 3. The van der Waals surface area contributed by atoms with Gasteiger partial charge in [0.25, 0.3) is 0 Å². The number of rotatable bonds is 3. The number of carbonyl (C=O) groups excluding carboxylic acids is 2. The van der Waals surface area contributed by atoms with Crippen molar-refractivity contribution in [3.8, 4) is 0 Å². The molecule has 0 heterocycles. The zero-order valence-corrected chi connectivity index (χ0v) is 11.5. The summed E-state index contributed by atoms with van der Waals surface area (Å²) in [7, 11) is 1.30. The van der Waals surface area contributed by atoms with Crippen LogP contribution >= 0.6 is 15.9 Å². The first kappa shape index (κ1) is 13.7. The van der Waals surface area contributed by atoms with E-state index in [0.717, 1.165) is 15.6 Å². The van der Waals surface area contributed by atoms with E-state index in [4.69, 9.17) is 4.74 Å². The fourth-order valence-corrected chi connectivity index (χ4v) is 1.89. The first-order valence-corrected chi connectivity index (χ1v) is 5.86. The van der Waals surface area contributed by atoms with Gasteiger partial charge >= 0.3 is 5.97 Å². The van der Waals surface area contributed by atoms with Crippen molar-refractivity contribution in [2.24, 2.45) is 0 Å². The highest BCUT2D eigenvalue weighted by atomic mass is 79.9. The largest absolute Gasteiger partial charge is 0.467 e. The van der Waals surface area contributed by atoms with Crippen molar-refractivity contribution in [3.63, 3.8) is 0 Å². The number of benzene rings is 1. The Labute approximate surface area is 108 Å². The van der Waals surface area contributed by atoms with E-state index in [9.17, 15) is 9.59 Å². The molecule has 0 saturated heterocycles. The van der Waals surface area contributed by atoms with Crippen molar-refractivity contribution >= 4 is 27.8 Å². The lowest BCUT2D eigenvalue weighted by atomic mass is 10.0. The Hall–Kier alpha value is -1.36. The predicted molar refractivity (Wildman–Crippen MR) is 67.5 cm³/mol. The Morgan fingerprint density at radius 1 is 1.41 bits per heavy atom. The molecule has 17 heavy (non-hydrogen) atoms. The van der Waals surface area contributed by atoms with Crippen molar-refractivity contribution in [3.05, 3.63) is 33.8 Å². The molecular weight excluding hydrogens is 286 g/mol. The molecule has 1 N–H and O–H groups in total. The van der Waals surface area contributed by atoms with Gasteiger partial charge in [0.05, 0.1) is 7.11 Å². The van der Waals surface area contributed by atoms with Crippen LogP contribution in [0.1, 0.15) is 24.1 Å². The van der Waals surface area contributed by atoms with Crippen LogP contribution in [0.25, 0.3) is 0 Å². The highest BCUT2D eigenvalue weighted by Gasteiger charge is 2.23. The van der Waals surface area contributed by atoms with E-state index in [1.165, 1.54) is 14.0 Å². The molecule has 0 spiro atoms. The van der Waals surface area contributed by atoms with Crippen molar-refractivity contribution in [2.45, 2.75) is 19.9 Å². The molecule has 92 valence electrons. The molecule has 5 heteroatoms. The van der Waals surface area contributed by atoms with Gasteiger partial charge in [-0.05, 0) is 30.2 Å². The SMILES string of the molecule is COC(=O)C(NC(C)=O)c1cc(Br)ccc1C. The van der Waals surface area contributed by atoms with Crippen LogP contribution in [-0.4, -0.2) is 19.0 Å². The minimum Gasteiger partial charge on any atom is -0.467 e. The van der Waals surface area contributed by atoms with Crippen LogP contribution in [0.5, 0.6) is 0 Å². The summed E-state index contributed by atoms with van der Waals surface area (Å²) in [6.07, 6.45) is 0. The van der Waals surface area contributed by atoms with Crippen molar-refractivity contribution in [1.82, 2.24) is 5.32 Å². The lowest BCUT2D eigenvalue weighted by molar-refractivity contribution is -0.145. The predicted octanol–water partition coefficient (Wildman–Crippen LogP) is 2.11. The minimum absolute atomic E-state index is 0.278. The van der Waals surface area contributed by atoms with Gasteiger partial charge in [-0.2, -0.15) is 0 Å². The van der Waals surface area contributed by atoms with Crippen molar-refractivity contribution < 1.29 is 14.3 Å². The van der Waals surface area contributed by atoms with Gasteiger partial charge in [-0.1, -0.05) is 22.0 Å². The summed E-state index contributed by atoms with van der Waals surface area (Å²) in [5.74, 6) is -0.763. The molecule has 1 unspecified atom stereocenters. The number of esters is 1. The Bertz CT molecular complexity index is 445. The lowest BCUT2D eigenvalue weighted by Crippen LogP contribution is -2.33. The monoisotopic (exact) mass is 299 g/mol. The van der Waals surface area contributed by atoms with Gasteiger partial charge in [-0.3, -0.25) is 4.79 Å². The molecule has 0 fully saturated rings. The van der Waals surface area contributed by atoms with E-state index in [2.05, 4.69) is 21.2 Å². The average Bonchev–Trinajstić information content (AvgIpc) is 2.28. The summed E-state index contributed by atoms with van der Waals surface area (Å²) in [5.41, 5.74) is 1.64. The number of ether oxygens (including phenoxy) is 1. The van der Waals surface area contributed by atoms with Gasteiger partial charge in [-0.25, -0.2) is 4.79 Å². The van der Waals surface area contributed by atoms with E-state index in [0.29, 0.717) is 0 Å². The van der Waals surface area contributed by atoms with E-state index in [1.807, 2.05) is 19.1 Å². The zero-order valence-electron chi connectivity index (χ0n) is 9.91. The number of methoxy groups -OCH3 is 1. The third kappa shape index (κ3) is 3.56. The maximum absolute atomic E-state index is 11.7. The third-order valence-corrected chi connectivity index (χ3v) is 2.83. The highest BCUT2D eigenvalue weighted by molar-refractivity contribution is 9.10. The van der Waals surface area contributed by atoms with E-state index in [-0.39, 0.29) is 5.91 Å². The van der Waals surface area contributed by atoms with Gasteiger partial charge in [0.15, 0.2) is 6.04 Å². The molecule has 4 nitrogen and oxygen atoms in total. The normalized spacial score (nSPS) is 11.8. The molecule has 0 saturated carbocycles. The standard InChI is InChI=1S/C12H14BrNO3/c1-7-4-5-9(13)6-10(7)11(12(16)17-3)14-8(2)15/h4-6,11H,1-3H3,(H,14,15). The van der Waals surface area contributed by atoms with Crippen LogP contribution in [0.2, 0.25) is 0 Å². The van der Waals surface area contributed by atoms with E-state index in [1.54, 1.807) is 6.07 Å². The Morgan fingerprint density at radius 2 is 2.06 bits per heavy atom. The third-order valence-electron chi connectivity index (χ3n) is 2.34. The number of hydrogen-bond donors (Lipinski definition) is 1. The molecule has 1 atom stereocenters. The van der Waals surface area contributed by atoms with Crippen LogP contribution < -0.4 is 5.32 Å². The summed E-state index contributed by atoms with van der Waals surface area (Å²) in [5, 5.41) is 2.58. The molecule has 1 aromatic rings. The van der Waals surface area contributed by atoms with Crippen LogP contribution in [-0.2, 0) is 14.3 Å². The van der Waals surface area contributed by atoms with Crippen molar-refractivity contribution in [2.75, 3.05) is 7.11 Å². The molecular formula is C12H14BrNO3. The smallest absolute Gasteiger partial charge is 0.333 e. The molecule has 0 aliphatic heterocycles. The van der Waals surface area contributed by atoms with Gasteiger partial charge in [0.1, 0.15) is 0 Å². The van der Waals surface area contributed by atoms with Gasteiger partial charge in [0.2, 0.25) is 5.91 Å². The average molecular weight is 300 g/mol. The van der Waals surface area contributed by atoms with Gasteiger partial charge in [-0.15, -0.1) is 0 Å². The number of halogens is 1. The Balaban J connectivity index is 3.16. The second-order valence-corrected chi connectivity index (χ2v) is 4.57. The zero-order chi connectivity index (χ0) is 13.0.